The number of amides is 1. The number of nitrogens with one attached hydrogen (secondary N) is 1. The van der Waals surface area contributed by atoms with Crippen molar-refractivity contribution < 1.29 is 4.79 Å². The van der Waals surface area contributed by atoms with Crippen molar-refractivity contribution >= 4 is 5.91 Å². The monoisotopic (exact) mass is 286 g/mol. The molecule has 2 unspecified atom stereocenters. The Morgan fingerprint density at radius 1 is 1.19 bits per heavy atom. The molecule has 1 fully saturated rings. The summed E-state index contributed by atoms with van der Waals surface area (Å²) in [5.41, 5.74) is 4.47. The molecule has 0 aromatic heterocycles. The Hall–Kier alpha value is -1.35. The van der Waals surface area contributed by atoms with Crippen LogP contribution in [0, 0.1) is 0 Å². The number of aryl methyl sites for hydroxylation is 2. The Morgan fingerprint density at radius 2 is 1.95 bits per heavy atom. The van der Waals surface area contributed by atoms with Crippen LogP contribution in [0.5, 0.6) is 0 Å². The lowest BCUT2D eigenvalue weighted by Crippen LogP contribution is -2.47. The number of likely N-dealkylation sites (tertiary alicyclic amines) is 1. The minimum absolute atomic E-state index is 0.273. The van der Waals surface area contributed by atoms with Gasteiger partial charge in [-0.15, -0.1) is 0 Å². The van der Waals surface area contributed by atoms with E-state index in [-0.39, 0.29) is 5.91 Å². The molecule has 1 aromatic carbocycles. The molecule has 0 radical (unpaired) electrons. The topological polar surface area (TPSA) is 32.3 Å². The molecule has 114 valence electrons. The quantitative estimate of drug-likeness (QED) is 0.926. The molecule has 1 aromatic rings. The number of rotatable bonds is 3. The van der Waals surface area contributed by atoms with Gasteiger partial charge in [0.05, 0.1) is 0 Å². The first-order valence-corrected chi connectivity index (χ1v) is 8.25. The molecule has 0 saturated carbocycles. The SMILES string of the molecule is CC(NC1CCC(=O)N(C)C1)c1ccc2c(c1)CCCC2. The van der Waals surface area contributed by atoms with E-state index in [2.05, 4.69) is 30.4 Å². The Labute approximate surface area is 127 Å². The zero-order valence-electron chi connectivity index (χ0n) is 13.2. The van der Waals surface area contributed by atoms with E-state index in [4.69, 9.17) is 0 Å². The number of nitrogens with zero attached hydrogens (tertiary/aromatic N) is 1. The molecule has 1 saturated heterocycles. The van der Waals surface area contributed by atoms with Gasteiger partial charge in [-0.25, -0.2) is 0 Å². The van der Waals surface area contributed by atoms with Crippen LogP contribution >= 0.6 is 0 Å². The summed E-state index contributed by atoms with van der Waals surface area (Å²) in [6, 6.07) is 7.75. The Kier molecular flexibility index (Phi) is 4.29. The largest absolute Gasteiger partial charge is 0.344 e. The summed E-state index contributed by atoms with van der Waals surface area (Å²) in [7, 11) is 1.90. The van der Waals surface area contributed by atoms with E-state index in [1.807, 2.05) is 11.9 Å². The maximum atomic E-state index is 11.6. The summed E-state index contributed by atoms with van der Waals surface area (Å²) < 4.78 is 0. The van der Waals surface area contributed by atoms with Crippen LogP contribution in [0.4, 0.5) is 0 Å². The Balaban J connectivity index is 1.65. The van der Waals surface area contributed by atoms with Gasteiger partial charge >= 0.3 is 0 Å². The van der Waals surface area contributed by atoms with Crippen LogP contribution in [0.15, 0.2) is 18.2 Å². The minimum Gasteiger partial charge on any atom is -0.344 e. The number of benzene rings is 1. The van der Waals surface area contributed by atoms with Crippen molar-refractivity contribution in [3.8, 4) is 0 Å². The average Bonchev–Trinajstić information content (AvgIpc) is 2.50. The number of carbonyl (C=O) groups excluding carboxylic acids is 1. The second kappa shape index (κ2) is 6.18. The first-order valence-electron chi connectivity index (χ1n) is 8.25. The highest BCUT2D eigenvalue weighted by Gasteiger charge is 2.24. The lowest BCUT2D eigenvalue weighted by molar-refractivity contribution is -0.132. The van der Waals surface area contributed by atoms with E-state index in [0.717, 1.165) is 13.0 Å². The summed E-state index contributed by atoms with van der Waals surface area (Å²) in [6.07, 6.45) is 6.77. The van der Waals surface area contributed by atoms with Gasteiger partial charge in [0.2, 0.25) is 5.91 Å². The lowest BCUT2D eigenvalue weighted by atomic mass is 9.89. The highest BCUT2D eigenvalue weighted by Crippen LogP contribution is 2.25. The van der Waals surface area contributed by atoms with Crippen molar-refractivity contribution in [1.29, 1.82) is 0 Å². The van der Waals surface area contributed by atoms with E-state index < -0.39 is 0 Å². The molecule has 0 bridgehead atoms. The van der Waals surface area contributed by atoms with Gasteiger partial charge in [-0.3, -0.25) is 4.79 Å². The van der Waals surface area contributed by atoms with Crippen LogP contribution in [0.2, 0.25) is 0 Å². The average molecular weight is 286 g/mol. The molecule has 1 aliphatic carbocycles. The molecule has 1 amide bonds. The maximum absolute atomic E-state index is 11.6. The third-order valence-corrected chi connectivity index (χ3v) is 4.98. The maximum Gasteiger partial charge on any atom is 0.222 e. The van der Waals surface area contributed by atoms with Gasteiger partial charge in [0, 0.05) is 32.1 Å². The van der Waals surface area contributed by atoms with Gasteiger partial charge in [-0.2, -0.15) is 0 Å². The minimum atomic E-state index is 0.273. The predicted molar refractivity (Wildman–Crippen MR) is 85.3 cm³/mol. The molecule has 0 spiro atoms. The van der Waals surface area contributed by atoms with E-state index in [1.54, 1.807) is 11.1 Å². The van der Waals surface area contributed by atoms with Crippen LogP contribution in [0.25, 0.3) is 0 Å². The molecular weight excluding hydrogens is 260 g/mol. The summed E-state index contributed by atoms with van der Waals surface area (Å²) >= 11 is 0. The van der Waals surface area contributed by atoms with Gasteiger partial charge in [-0.1, -0.05) is 18.2 Å². The van der Waals surface area contributed by atoms with Crippen LogP contribution in [-0.2, 0) is 17.6 Å². The highest BCUT2D eigenvalue weighted by atomic mass is 16.2. The number of fused-ring (bicyclic) bond motifs is 1. The predicted octanol–water partition coefficient (Wildman–Crippen LogP) is 2.84. The second-order valence-corrected chi connectivity index (χ2v) is 6.63. The molecule has 3 heteroatoms. The molecular formula is C18H26N2O. The molecule has 3 rings (SSSR count). The van der Waals surface area contributed by atoms with E-state index >= 15 is 0 Å². The van der Waals surface area contributed by atoms with E-state index in [1.165, 1.54) is 31.2 Å². The number of carbonyl (C=O) groups is 1. The van der Waals surface area contributed by atoms with Crippen LogP contribution < -0.4 is 5.32 Å². The standard InChI is InChI=1S/C18H26N2O/c1-13(19-17-9-10-18(21)20(2)12-17)15-8-7-14-5-3-4-6-16(14)11-15/h7-8,11,13,17,19H,3-6,9-10,12H2,1-2H3. The van der Waals surface area contributed by atoms with Gasteiger partial charge in [0.15, 0.2) is 0 Å². The molecule has 2 atom stereocenters. The van der Waals surface area contributed by atoms with Crippen LogP contribution in [-0.4, -0.2) is 30.4 Å². The van der Waals surface area contributed by atoms with Crippen LogP contribution in [0.3, 0.4) is 0 Å². The zero-order chi connectivity index (χ0) is 14.8. The Morgan fingerprint density at radius 3 is 2.71 bits per heavy atom. The Bertz CT molecular complexity index is 526. The molecule has 21 heavy (non-hydrogen) atoms. The third-order valence-electron chi connectivity index (χ3n) is 4.98. The third kappa shape index (κ3) is 3.29. The zero-order valence-corrected chi connectivity index (χ0v) is 13.2. The fraction of sp³-hybridized carbons (Fsp3) is 0.611. The normalized spacial score (nSPS) is 23.8. The smallest absolute Gasteiger partial charge is 0.222 e. The number of hydrogen-bond donors (Lipinski definition) is 1. The first kappa shape index (κ1) is 14.6. The lowest BCUT2D eigenvalue weighted by Gasteiger charge is -2.32. The van der Waals surface area contributed by atoms with Crippen molar-refractivity contribution in [2.24, 2.45) is 0 Å². The fourth-order valence-corrected chi connectivity index (χ4v) is 3.62. The van der Waals surface area contributed by atoms with Crippen molar-refractivity contribution in [3.05, 3.63) is 34.9 Å². The van der Waals surface area contributed by atoms with Crippen molar-refractivity contribution in [3.63, 3.8) is 0 Å². The van der Waals surface area contributed by atoms with Gasteiger partial charge in [-0.05, 0) is 55.7 Å². The van der Waals surface area contributed by atoms with Crippen molar-refractivity contribution in [2.75, 3.05) is 13.6 Å². The number of piperidine rings is 1. The van der Waals surface area contributed by atoms with Crippen molar-refractivity contribution in [2.45, 2.75) is 57.5 Å². The second-order valence-electron chi connectivity index (χ2n) is 6.63. The summed E-state index contributed by atoms with van der Waals surface area (Å²) in [6.45, 7) is 3.06. The van der Waals surface area contributed by atoms with Crippen LogP contribution in [0.1, 0.15) is 55.3 Å². The molecule has 1 heterocycles. The van der Waals surface area contributed by atoms with Gasteiger partial charge in [0.25, 0.3) is 0 Å². The highest BCUT2D eigenvalue weighted by molar-refractivity contribution is 5.76. The summed E-state index contributed by atoms with van der Waals surface area (Å²) in [5.74, 6) is 0.273. The molecule has 3 nitrogen and oxygen atoms in total. The number of likely N-dealkylation sites (N-methyl/N-ethyl adjacent to an activating group) is 1. The molecule has 1 aliphatic heterocycles. The van der Waals surface area contributed by atoms with E-state index in [9.17, 15) is 4.79 Å². The first-order chi connectivity index (χ1) is 10.1. The summed E-state index contributed by atoms with van der Waals surface area (Å²) in [4.78, 5) is 13.4. The van der Waals surface area contributed by atoms with Gasteiger partial charge < -0.3 is 10.2 Å². The molecule has 1 N–H and O–H groups in total. The summed E-state index contributed by atoms with van der Waals surface area (Å²) in [5, 5.41) is 3.70. The fourth-order valence-electron chi connectivity index (χ4n) is 3.62. The number of hydrogen-bond acceptors (Lipinski definition) is 2. The van der Waals surface area contributed by atoms with Crippen molar-refractivity contribution in [1.82, 2.24) is 10.2 Å². The molecule has 2 aliphatic rings. The van der Waals surface area contributed by atoms with Gasteiger partial charge in [0.1, 0.15) is 0 Å². The van der Waals surface area contributed by atoms with E-state index in [0.29, 0.717) is 18.5 Å².